The molecule has 0 aliphatic carbocycles. The maximum Gasteiger partial charge on any atom is 0.471 e. The number of aliphatic hydroxyl groups is 1. The number of nitrogen functional groups attached to an aromatic ring is 1. The van der Waals surface area contributed by atoms with Crippen LogP contribution in [0.25, 0.3) is 11.2 Å². The summed E-state index contributed by atoms with van der Waals surface area (Å²) in [5.74, 6) is -4.69. The lowest BCUT2D eigenvalue weighted by Crippen LogP contribution is -2.41. The van der Waals surface area contributed by atoms with Crippen LogP contribution < -0.4 is 21.5 Å². The molecule has 2 amide bonds. The molecule has 16 heteroatoms. The number of halogens is 3. The highest BCUT2D eigenvalue weighted by Crippen LogP contribution is 2.26. The van der Waals surface area contributed by atoms with Gasteiger partial charge in [0, 0.05) is 11.3 Å². The van der Waals surface area contributed by atoms with Crippen LogP contribution >= 0.6 is 0 Å². The summed E-state index contributed by atoms with van der Waals surface area (Å²) in [7, 11) is 0. The summed E-state index contributed by atoms with van der Waals surface area (Å²) in [6, 6.07) is 3.09. The number of allylic oxidation sites excluding steroid dienone is 4. The Bertz CT molecular complexity index is 1670. The maximum atomic E-state index is 13.5. The van der Waals surface area contributed by atoms with Crippen LogP contribution in [0, 0.1) is 0 Å². The van der Waals surface area contributed by atoms with E-state index in [9.17, 15) is 42.6 Å². The van der Waals surface area contributed by atoms with Gasteiger partial charge in [-0.15, -0.1) is 0 Å². The Labute approximate surface area is 241 Å². The fourth-order valence-electron chi connectivity index (χ4n) is 3.69. The molecule has 226 valence electrons. The molecule has 0 saturated carbocycles. The number of carbonyl (C=O) groups is 3. The summed E-state index contributed by atoms with van der Waals surface area (Å²) in [6.07, 6.45) is 0.198. The van der Waals surface area contributed by atoms with Crippen LogP contribution in [0.3, 0.4) is 0 Å². The van der Waals surface area contributed by atoms with Gasteiger partial charge in [0.15, 0.2) is 11.2 Å². The average Bonchev–Trinajstić information content (AvgIpc) is 2.95. The van der Waals surface area contributed by atoms with Crippen molar-refractivity contribution >= 4 is 40.6 Å². The predicted octanol–water partition coefficient (Wildman–Crippen LogP) is 2.93. The molecule has 0 radical (unpaired) electrons. The Kier molecular flexibility index (Phi) is 9.98. The van der Waals surface area contributed by atoms with Crippen molar-refractivity contribution in [1.29, 1.82) is 0 Å². The molecule has 2 aromatic heterocycles. The van der Waals surface area contributed by atoms with Crippen LogP contribution in [0.4, 0.5) is 24.8 Å². The van der Waals surface area contributed by atoms with Crippen LogP contribution in [-0.4, -0.2) is 60.2 Å². The summed E-state index contributed by atoms with van der Waals surface area (Å²) in [5.41, 5.74) is 4.41. The number of amides is 2. The van der Waals surface area contributed by atoms with Crippen LogP contribution in [0.2, 0.25) is 0 Å². The van der Waals surface area contributed by atoms with Crippen LogP contribution in [0.15, 0.2) is 71.4 Å². The van der Waals surface area contributed by atoms with E-state index in [0.29, 0.717) is 10.5 Å². The zero-order chi connectivity index (χ0) is 31.9. The number of nitrogens with two attached hydrogens (primary N) is 1. The zero-order valence-electron chi connectivity index (χ0n) is 22.6. The van der Waals surface area contributed by atoms with Gasteiger partial charge in [0.25, 0.3) is 11.5 Å². The van der Waals surface area contributed by atoms with Gasteiger partial charge in [-0.25, -0.2) is 14.8 Å². The second-order valence-corrected chi connectivity index (χ2v) is 9.13. The van der Waals surface area contributed by atoms with Crippen molar-refractivity contribution in [2.24, 2.45) is 0 Å². The summed E-state index contributed by atoms with van der Waals surface area (Å²) in [6.45, 7) is 4.36. The van der Waals surface area contributed by atoms with Crippen LogP contribution in [0.1, 0.15) is 35.8 Å². The number of H-pyrrole nitrogens is 1. The highest BCUT2D eigenvalue weighted by Gasteiger charge is 2.43. The topological polar surface area (TPSA) is 204 Å². The molecule has 0 aliphatic rings. The van der Waals surface area contributed by atoms with Crippen molar-refractivity contribution in [1.82, 2.24) is 25.3 Å². The highest BCUT2D eigenvalue weighted by atomic mass is 19.4. The first-order chi connectivity index (χ1) is 20.2. The highest BCUT2D eigenvalue weighted by molar-refractivity contribution is 5.99. The monoisotopic (exact) mass is 601 g/mol. The van der Waals surface area contributed by atoms with Crippen molar-refractivity contribution in [3.05, 3.63) is 88.2 Å². The van der Waals surface area contributed by atoms with Gasteiger partial charge >= 0.3 is 18.1 Å². The molecule has 13 nitrogen and oxygen atoms in total. The van der Waals surface area contributed by atoms with E-state index in [4.69, 9.17) is 5.73 Å². The normalized spacial score (nSPS) is 12.9. The smallest absolute Gasteiger partial charge is 0.471 e. The number of aliphatic hydroxyl groups excluding tert-OH is 1. The first-order valence-electron chi connectivity index (χ1n) is 12.4. The van der Waals surface area contributed by atoms with Crippen LogP contribution in [0.5, 0.6) is 0 Å². The minimum atomic E-state index is -5.28. The zero-order valence-corrected chi connectivity index (χ0v) is 22.6. The maximum absolute atomic E-state index is 13.5. The lowest BCUT2D eigenvalue weighted by atomic mass is 10.1. The number of anilines is 2. The molecule has 0 fully saturated rings. The Balaban J connectivity index is 1.81. The Morgan fingerprint density at radius 3 is 2.44 bits per heavy atom. The molecule has 2 heterocycles. The van der Waals surface area contributed by atoms with Gasteiger partial charge in [0.1, 0.15) is 11.8 Å². The first kappa shape index (κ1) is 32.0. The van der Waals surface area contributed by atoms with Gasteiger partial charge in [0.05, 0.1) is 18.4 Å². The van der Waals surface area contributed by atoms with E-state index in [0.717, 1.165) is 30.5 Å². The summed E-state index contributed by atoms with van der Waals surface area (Å²) < 4.78 is 40.4. The number of aliphatic carboxylic acids is 1. The number of aromatic nitrogens is 4. The number of nitrogens with zero attached hydrogens (tertiary/aromatic N) is 4. The quantitative estimate of drug-likeness (QED) is 0.160. The molecular weight excluding hydrogens is 575 g/mol. The number of hydrogen-bond acceptors (Lipinski definition) is 9. The number of fused-ring (bicyclic) bond motifs is 1. The lowest BCUT2D eigenvalue weighted by Gasteiger charge is -2.24. The number of carboxylic acids is 1. The van der Waals surface area contributed by atoms with Gasteiger partial charge in [-0.1, -0.05) is 18.2 Å². The summed E-state index contributed by atoms with van der Waals surface area (Å²) >= 11 is 0. The van der Waals surface area contributed by atoms with Crippen molar-refractivity contribution < 1.29 is 37.8 Å². The largest absolute Gasteiger partial charge is 0.508 e. The predicted molar refractivity (Wildman–Crippen MR) is 149 cm³/mol. The molecule has 0 spiro atoms. The minimum absolute atomic E-state index is 0.00971. The minimum Gasteiger partial charge on any atom is -0.508 e. The van der Waals surface area contributed by atoms with E-state index in [1.807, 2.05) is 0 Å². The van der Waals surface area contributed by atoms with Gasteiger partial charge in [0.2, 0.25) is 5.95 Å². The standard InChI is InChI=1S/C27H26F3N7O6/c1-3-18(38)10-4-14(2)5-11-19(24(41)42)34-22(39)15-6-8-17(9-7-15)37(25(43)27(28,29)30)13-16-12-32-21-20(33-16)23(40)36-26(31)35-21/h3-4,6-10,12,19,38H,1,5,11,13H2,2H3,(H,34,39)(H,41,42)(H3,31,32,35,36,40)/b14-4+,18-10+/t19-/m0/s1. The van der Waals surface area contributed by atoms with Gasteiger partial charge in [-0.3, -0.25) is 24.3 Å². The Morgan fingerprint density at radius 1 is 1.16 bits per heavy atom. The second-order valence-electron chi connectivity index (χ2n) is 9.13. The van der Waals surface area contributed by atoms with Crippen LogP contribution in [-0.2, 0) is 16.1 Å². The number of benzene rings is 1. The lowest BCUT2D eigenvalue weighted by molar-refractivity contribution is -0.170. The molecule has 1 atom stereocenters. The third kappa shape index (κ3) is 8.48. The second kappa shape index (κ2) is 13.4. The van der Waals surface area contributed by atoms with E-state index in [-0.39, 0.29) is 52.7 Å². The molecule has 1 aromatic carbocycles. The number of rotatable bonds is 11. The molecule has 0 bridgehead atoms. The van der Waals surface area contributed by atoms with Gasteiger partial charge in [-0.05, 0) is 56.2 Å². The molecule has 3 aromatic rings. The molecule has 43 heavy (non-hydrogen) atoms. The first-order valence-corrected chi connectivity index (χ1v) is 12.4. The van der Waals surface area contributed by atoms with E-state index >= 15 is 0 Å². The summed E-state index contributed by atoms with van der Waals surface area (Å²) in [4.78, 5) is 63.0. The molecular formula is C27H26F3N7O6. The third-order valence-electron chi connectivity index (χ3n) is 5.91. The van der Waals surface area contributed by atoms with Crippen molar-refractivity contribution in [3.8, 4) is 0 Å². The fourth-order valence-corrected chi connectivity index (χ4v) is 3.69. The summed E-state index contributed by atoms with van der Waals surface area (Å²) in [5, 5.41) is 21.3. The van der Waals surface area contributed by atoms with Gasteiger partial charge < -0.3 is 21.3 Å². The van der Waals surface area contributed by atoms with Gasteiger partial charge in [-0.2, -0.15) is 18.2 Å². The number of nitrogens with one attached hydrogen (secondary N) is 2. The van der Waals surface area contributed by atoms with Crippen molar-refractivity contribution in [2.45, 2.75) is 38.5 Å². The Morgan fingerprint density at radius 2 is 1.84 bits per heavy atom. The number of aromatic amines is 1. The van der Waals surface area contributed by atoms with E-state index in [1.165, 1.54) is 12.2 Å². The third-order valence-corrected chi connectivity index (χ3v) is 5.91. The molecule has 0 aliphatic heterocycles. The number of hydrogen-bond donors (Lipinski definition) is 5. The molecule has 6 N–H and O–H groups in total. The number of carboxylic acid groups (broad SMARTS) is 1. The molecule has 0 saturated heterocycles. The van der Waals surface area contributed by atoms with E-state index < -0.39 is 42.1 Å². The van der Waals surface area contributed by atoms with Crippen molar-refractivity contribution in [2.75, 3.05) is 10.6 Å². The SMILES string of the molecule is C=C/C(O)=C\C=C(/C)CC[C@H](NC(=O)c1ccc(N(Cc2cnc3nc(N)[nH]c(=O)c3n2)C(=O)C(F)(F)F)cc1)C(=O)O. The van der Waals surface area contributed by atoms with E-state index in [1.54, 1.807) is 13.0 Å². The Hall–Kier alpha value is -5.54. The van der Waals surface area contributed by atoms with E-state index in [2.05, 4.69) is 31.8 Å². The fraction of sp³-hybridized carbons (Fsp3) is 0.222. The number of carbonyl (C=O) groups excluding carboxylic acids is 2. The van der Waals surface area contributed by atoms with Crippen molar-refractivity contribution in [3.63, 3.8) is 0 Å². The molecule has 3 rings (SSSR count). The number of alkyl halides is 3. The average molecular weight is 602 g/mol. The molecule has 0 unspecified atom stereocenters.